The summed E-state index contributed by atoms with van der Waals surface area (Å²) in [6.45, 7) is 10.2. The van der Waals surface area contributed by atoms with E-state index in [-0.39, 0.29) is 0 Å². The molecule has 2 saturated heterocycles. The van der Waals surface area contributed by atoms with Crippen LogP contribution >= 0.6 is 11.6 Å². The number of likely N-dealkylation sites (tertiary alicyclic amines) is 1. The van der Waals surface area contributed by atoms with Gasteiger partial charge >= 0.3 is 6.01 Å². The fraction of sp³-hybridized carbons (Fsp3) is 0.577. The zero-order valence-corrected chi connectivity index (χ0v) is 22.6. The maximum atomic E-state index is 7.32. The number of anilines is 1. The molecule has 10 heteroatoms. The van der Waals surface area contributed by atoms with E-state index in [0.717, 1.165) is 73.7 Å². The summed E-state index contributed by atoms with van der Waals surface area (Å²) < 4.78 is 10.7. The molecule has 0 atom stereocenters. The molecular weight excluding hydrogens is 478 g/mol. The third-order valence-corrected chi connectivity index (χ3v) is 6.75. The van der Waals surface area contributed by atoms with Gasteiger partial charge in [0.1, 0.15) is 11.6 Å². The molecule has 2 aromatic rings. The van der Waals surface area contributed by atoms with Crippen molar-refractivity contribution in [2.45, 2.75) is 39.4 Å². The first kappa shape index (κ1) is 27.9. The van der Waals surface area contributed by atoms with Crippen LogP contribution in [0.5, 0.6) is 11.8 Å². The van der Waals surface area contributed by atoms with Crippen LogP contribution in [0.15, 0.2) is 18.2 Å². The number of nitriles is 1. The number of hydrogen-bond donors (Lipinski definition) is 1. The van der Waals surface area contributed by atoms with Crippen LogP contribution in [0, 0.1) is 11.3 Å². The van der Waals surface area contributed by atoms with Crippen LogP contribution in [0.3, 0.4) is 0 Å². The third-order valence-electron chi connectivity index (χ3n) is 6.38. The number of benzene rings is 1. The predicted octanol–water partition coefficient (Wildman–Crippen LogP) is 3.31. The van der Waals surface area contributed by atoms with Gasteiger partial charge in [-0.05, 0) is 56.7 Å². The summed E-state index contributed by atoms with van der Waals surface area (Å²) >= 11 is 6.40. The second kappa shape index (κ2) is 14.2. The summed E-state index contributed by atoms with van der Waals surface area (Å²) in [5.74, 6) is 1.81. The summed E-state index contributed by atoms with van der Waals surface area (Å²) in [4.78, 5) is 16.3. The van der Waals surface area contributed by atoms with Gasteiger partial charge in [-0.15, -0.1) is 0 Å². The Kier molecular flexibility index (Phi) is 11.0. The lowest BCUT2D eigenvalue weighted by Crippen LogP contribution is -2.44. The van der Waals surface area contributed by atoms with Crippen molar-refractivity contribution >= 4 is 17.4 Å². The molecule has 5 rings (SSSR count). The number of piperazine rings is 1. The van der Waals surface area contributed by atoms with Crippen molar-refractivity contribution < 1.29 is 9.47 Å². The summed E-state index contributed by atoms with van der Waals surface area (Å²) in [7, 11) is 5.46. The number of fused-ring (bicyclic) bond motifs is 1. The molecule has 0 amide bonds. The molecule has 0 bridgehead atoms. The van der Waals surface area contributed by atoms with Gasteiger partial charge in [0, 0.05) is 63.3 Å². The van der Waals surface area contributed by atoms with Gasteiger partial charge < -0.3 is 24.6 Å². The molecule has 36 heavy (non-hydrogen) atoms. The van der Waals surface area contributed by atoms with Gasteiger partial charge in [0.2, 0.25) is 0 Å². The van der Waals surface area contributed by atoms with Gasteiger partial charge in [-0.3, -0.25) is 4.90 Å². The van der Waals surface area contributed by atoms with Crippen LogP contribution in [0.2, 0.25) is 5.02 Å². The van der Waals surface area contributed by atoms with Crippen molar-refractivity contribution in [3.63, 3.8) is 0 Å². The summed E-state index contributed by atoms with van der Waals surface area (Å²) in [5.41, 5.74) is 3.28. The van der Waals surface area contributed by atoms with Gasteiger partial charge in [0.25, 0.3) is 0 Å². The molecule has 3 aliphatic heterocycles. The third kappa shape index (κ3) is 7.68. The Morgan fingerprint density at radius 2 is 1.75 bits per heavy atom. The maximum absolute atomic E-state index is 7.32. The molecule has 1 N–H and O–H groups in total. The lowest BCUT2D eigenvalue weighted by Gasteiger charge is -2.30. The Morgan fingerprint density at radius 3 is 2.33 bits per heavy atom. The van der Waals surface area contributed by atoms with E-state index in [1.807, 2.05) is 18.2 Å². The summed E-state index contributed by atoms with van der Waals surface area (Å²) in [6.07, 6.45) is 2.83. The molecule has 2 fully saturated rings. The number of ether oxygens (including phenoxy) is 2. The molecule has 3 aliphatic rings. The van der Waals surface area contributed by atoms with E-state index in [4.69, 9.17) is 26.3 Å². The maximum Gasteiger partial charge on any atom is 0.318 e. The molecule has 0 aliphatic carbocycles. The fourth-order valence-corrected chi connectivity index (χ4v) is 4.71. The summed E-state index contributed by atoms with van der Waals surface area (Å²) in [5, 5.41) is 11.5. The Bertz CT molecular complexity index is 1020. The van der Waals surface area contributed by atoms with Gasteiger partial charge in [-0.25, -0.2) is 0 Å². The molecule has 9 nitrogen and oxygen atoms in total. The number of nitrogens with zero attached hydrogens (tertiary/aromatic N) is 6. The minimum absolute atomic E-state index is 0.434. The molecular formula is C26H38ClN7O2. The SMILES string of the molecule is CC#N.CN1CCCC1.COc1ccc(Cl)c(CN2Cc3nc(OC)nc(N4CCNCC4)c3C2)c1. The van der Waals surface area contributed by atoms with Crippen molar-refractivity contribution in [1.82, 2.24) is 25.1 Å². The normalized spacial score (nSPS) is 17.3. The second-order valence-electron chi connectivity index (χ2n) is 9.03. The number of aromatic nitrogens is 2. The quantitative estimate of drug-likeness (QED) is 0.644. The molecule has 0 radical (unpaired) electrons. The molecule has 1 aromatic heterocycles. The second-order valence-corrected chi connectivity index (χ2v) is 9.44. The zero-order chi connectivity index (χ0) is 25.9. The van der Waals surface area contributed by atoms with Crippen molar-refractivity contribution in [2.24, 2.45) is 0 Å². The Hall–Kier alpha value is -2.64. The van der Waals surface area contributed by atoms with Gasteiger partial charge in [0.15, 0.2) is 0 Å². The van der Waals surface area contributed by atoms with E-state index in [1.54, 1.807) is 20.3 Å². The van der Waals surface area contributed by atoms with E-state index in [2.05, 4.69) is 37.0 Å². The Labute approximate surface area is 220 Å². The standard InChI is InChI=1S/C19H24ClN5O2.C5H11N.C2H3N/c1-26-14-3-4-16(20)13(9-14)10-24-11-15-17(12-24)22-19(27-2)23-18(15)25-7-5-21-6-8-25;1-6-4-2-3-5-6;1-2-3/h3-4,9,21H,5-8,10-12H2,1-2H3;2-5H2,1H3;1H3. The van der Waals surface area contributed by atoms with E-state index < -0.39 is 0 Å². The molecule has 0 unspecified atom stereocenters. The average molecular weight is 516 g/mol. The minimum Gasteiger partial charge on any atom is -0.497 e. The van der Waals surface area contributed by atoms with Crippen LogP contribution in [-0.2, 0) is 19.6 Å². The highest BCUT2D eigenvalue weighted by molar-refractivity contribution is 6.31. The van der Waals surface area contributed by atoms with Crippen LogP contribution in [0.4, 0.5) is 5.82 Å². The number of rotatable bonds is 5. The number of nitrogens with one attached hydrogen (secondary N) is 1. The first-order chi connectivity index (χ1) is 17.5. The van der Waals surface area contributed by atoms with Gasteiger partial charge in [-0.1, -0.05) is 11.6 Å². The van der Waals surface area contributed by atoms with E-state index in [9.17, 15) is 0 Å². The molecule has 196 valence electrons. The fourth-order valence-electron chi connectivity index (χ4n) is 4.54. The van der Waals surface area contributed by atoms with E-state index in [1.165, 1.54) is 38.4 Å². The highest BCUT2D eigenvalue weighted by Crippen LogP contribution is 2.33. The van der Waals surface area contributed by atoms with Crippen LogP contribution in [0.1, 0.15) is 36.6 Å². The first-order valence-electron chi connectivity index (χ1n) is 12.4. The molecule has 4 heterocycles. The molecule has 0 spiro atoms. The highest BCUT2D eigenvalue weighted by Gasteiger charge is 2.29. The smallest absolute Gasteiger partial charge is 0.318 e. The van der Waals surface area contributed by atoms with Crippen molar-refractivity contribution in [3.05, 3.63) is 40.0 Å². The predicted molar refractivity (Wildman–Crippen MR) is 143 cm³/mol. The lowest BCUT2D eigenvalue weighted by atomic mass is 10.2. The van der Waals surface area contributed by atoms with Gasteiger partial charge in [0.05, 0.1) is 26.0 Å². The van der Waals surface area contributed by atoms with Crippen LogP contribution in [-0.4, -0.2) is 80.3 Å². The number of halogens is 1. The van der Waals surface area contributed by atoms with Crippen LogP contribution in [0.25, 0.3) is 0 Å². The minimum atomic E-state index is 0.434. The zero-order valence-electron chi connectivity index (χ0n) is 21.9. The highest BCUT2D eigenvalue weighted by atomic mass is 35.5. The van der Waals surface area contributed by atoms with E-state index in [0.29, 0.717) is 6.01 Å². The largest absolute Gasteiger partial charge is 0.497 e. The molecule has 0 saturated carbocycles. The lowest BCUT2D eigenvalue weighted by molar-refractivity contribution is 0.273. The first-order valence-corrected chi connectivity index (χ1v) is 12.8. The molecule has 1 aromatic carbocycles. The van der Waals surface area contributed by atoms with Crippen molar-refractivity contribution in [1.29, 1.82) is 5.26 Å². The number of hydrogen-bond acceptors (Lipinski definition) is 9. The topological polar surface area (TPSA) is 89.8 Å². The van der Waals surface area contributed by atoms with Crippen LogP contribution < -0.4 is 19.7 Å². The van der Waals surface area contributed by atoms with E-state index >= 15 is 0 Å². The van der Waals surface area contributed by atoms with Gasteiger partial charge in [-0.2, -0.15) is 15.2 Å². The average Bonchev–Trinajstić information content (AvgIpc) is 3.54. The number of methoxy groups -OCH3 is 2. The van der Waals surface area contributed by atoms with Crippen molar-refractivity contribution in [3.8, 4) is 17.8 Å². The Morgan fingerprint density at radius 1 is 1.06 bits per heavy atom. The Balaban J connectivity index is 0.000000341. The summed E-state index contributed by atoms with van der Waals surface area (Å²) in [6, 6.07) is 7.94. The monoisotopic (exact) mass is 515 g/mol. The van der Waals surface area contributed by atoms with Crippen molar-refractivity contribution in [2.75, 3.05) is 65.4 Å².